The van der Waals surface area contributed by atoms with Gasteiger partial charge in [0.25, 0.3) is 0 Å². The molecule has 0 fully saturated rings. The van der Waals surface area contributed by atoms with Crippen LogP contribution in [0.15, 0.2) is 11.8 Å². The lowest BCUT2D eigenvalue weighted by Crippen LogP contribution is -2.33. The average molecular weight is 200 g/mol. The fourth-order valence-electron chi connectivity index (χ4n) is 1.50. The highest BCUT2D eigenvalue weighted by atomic mass is 19.1. The molecule has 0 bridgehead atoms. The highest BCUT2D eigenvalue weighted by molar-refractivity contribution is 5.96. The second-order valence-corrected chi connectivity index (χ2v) is 4.22. The third kappa shape index (κ3) is 3.10. The van der Waals surface area contributed by atoms with E-state index in [9.17, 15) is 9.18 Å². The molecule has 3 nitrogen and oxygen atoms in total. The van der Waals surface area contributed by atoms with E-state index in [0.29, 0.717) is 25.2 Å². The first-order valence-electron chi connectivity index (χ1n) is 4.79. The molecule has 4 heteroatoms. The number of nitrogens with two attached hydrogens (primary N) is 1. The van der Waals surface area contributed by atoms with E-state index in [1.807, 2.05) is 4.90 Å². The molecule has 0 atom stereocenters. The summed E-state index contributed by atoms with van der Waals surface area (Å²) in [7, 11) is 0. The van der Waals surface area contributed by atoms with Gasteiger partial charge < -0.3 is 10.6 Å². The van der Waals surface area contributed by atoms with Crippen LogP contribution >= 0.6 is 0 Å². The molecule has 0 aromatic heterocycles. The zero-order chi connectivity index (χ0) is 10.8. The molecule has 0 unspecified atom stereocenters. The zero-order valence-electron chi connectivity index (χ0n) is 8.72. The summed E-state index contributed by atoms with van der Waals surface area (Å²) in [4.78, 5) is 13.3. The van der Waals surface area contributed by atoms with Gasteiger partial charge in [0, 0.05) is 31.2 Å². The lowest BCUT2D eigenvalue weighted by atomic mass is 9.95. The number of hydrogen-bond acceptors (Lipinski definition) is 3. The number of rotatable bonds is 3. The number of allylic oxidation sites excluding steroid dienone is 1. The van der Waals surface area contributed by atoms with Gasteiger partial charge in [0.1, 0.15) is 5.67 Å². The molecular formula is C10H17FN2O. The standard InChI is InChI=1S/C10H17FN2O/c1-10(2,11)5-8-6-13(7-12)4-3-9(8)14/h6H,3-5,7,12H2,1-2H3. The van der Waals surface area contributed by atoms with Gasteiger partial charge in [-0.3, -0.25) is 4.79 Å². The van der Waals surface area contributed by atoms with Crippen molar-refractivity contribution in [1.29, 1.82) is 0 Å². The molecule has 0 radical (unpaired) electrons. The highest BCUT2D eigenvalue weighted by Gasteiger charge is 2.25. The van der Waals surface area contributed by atoms with Crippen molar-refractivity contribution in [2.24, 2.45) is 5.73 Å². The van der Waals surface area contributed by atoms with Gasteiger partial charge in [-0.1, -0.05) is 0 Å². The van der Waals surface area contributed by atoms with Crippen molar-refractivity contribution in [3.8, 4) is 0 Å². The summed E-state index contributed by atoms with van der Waals surface area (Å²) in [5, 5.41) is 0. The van der Waals surface area contributed by atoms with Gasteiger partial charge in [0.2, 0.25) is 0 Å². The second-order valence-electron chi connectivity index (χ2n) is 4.22. The van der Waals surface area contributed by atoms with Crippen molar-refractivity contribution in [2.45, 2.75) is 32.4 Å². The van der Waals surface area contributed by atoms with E-state index in [1.165, 1.54) is 13.8 Å². The summed E-state index contributed by atoms with van der Waals surface area (Å²) < 4.78 is 13.3. The van der Waals surface area contributed by atoms with Crippen LogP contribution in [0.5, 0.6) is 0 Å². The molecule has 1 aliphatic heterocycles. The van der Waals surface area contributed by atoms with Crippen LogP contribution in [0, 0.1) is 0 Å². The van der Waals surface area contributed by atoms with Crippen LogP contribution in [0.3, 0.4) is 0 Å². The molecular weight excluding hydrogens is 183 g/mol. The maximum absolute atomic E-state index is 13.3. The van der Waals surface area contributed by atoms with E-state index in [2.05, 4.69) is 0 Å². The van der Waals surface area contributed by atoms with E-state index in [4.69, 9.17) is 5.73 Å². The molecule has 1 rings (SSSR count). The molecule has 0 aromatic rings. The lowest BCUT2D eigenvalue weighted by Gasteiger charge is -2.26. The minimum absolute atomic E-state index is 0.0421. The Morgan fingerprint density at radius 1 is 1.64 bits per heavy atom. The van der Waals surface area contributed by atoms with E-state index < -0.39 is 5.67 Å². The van der Waals surface area contributed by atoms with Gasteiger partial charge in [-0.05, 0) is 13.8 Å². The maximum atomic E-state index is 13.3. The monoisotopic (exact) mass is 200 g/mol. The Labute approximate surface area is 83.8 Å². The number of carbonyl (C=O) groups is 1. The van der Waals surface area contributed by atoms with Crippen molar-refractivity contribution >= 4 is 5.78 Å². The Morgan fingerprint density at radius 3 is 2.79 bits per heavy atom. The predicted octanol–water partition coefficient (Wildman–Crippen LogP) is 1.20. The number of ketones is 1. The summed E-state index contributed by atoms with van der Waals surface area (Å²) >= 11 is 0. The molecule has 2 N–H and O–H groups in total. The topological polar surface area (TPSA) is 46.3 Å². The molecule has 0 aromatic carbocycles. The average Bonchev–Trinajstić information content (AvgIpc) is 2.06. The molecule has 0 saturated heterocycles. The van der Waals surface area contributed by atoms with E-state index in [1.54, 1.807) is 6.20 Å². The fraction of sp³-hybridized carbons (Fsp3) is 0.700. The van der Waals surface area contributed by atoms with Crippen molar-refractivity contribution in [1.82, 2.24) is 4.90 Å². The first-order chi connectivity index (χ1) is 6.42. The van der Waals surface area contributed by atoms with E-state index in [0.717, 1.165) is 0 Å². The van der Waals surface area contributed by atoms with Crippen LogP contribution in [0.4, 0.5) is 4.39 Å². The van der Waals surface area contributed by atoms with Gasteiger partial charge in [0.05, 0.1) is 6.67 Å². The van der Waals surface area contributed by atoms with Crippen LogP contribution < -0.4 is 5.73 Å². The Bertz CT molecular complexity index is 255. The van der Waals surface area contributed by atoms with Crippen LogP contribution in [-0.2, 0) is 4.79 Å². The minimum atomic E-state index is -1.33. The summed E-state index contributed by atoms with van der Waals surface area (Å²) in [5.41, 5.74) is 4.67. The Hall–Kier alpha value is -0.900. The number of halogens is 1. The second kappa shape index (κ2) is 4.09. The number of alkyl halides is 1. The number of Topliss-reactive ketones (excluding diaryl/α,β-unsaturated/α-hetero) is 1. The molecule has 1 aliphatic rings. The highest BCUT2D eigenvalue weighted by Crippen LogP contribution is 2.23. The van der Waals surface area contributed by atoms with Crippen molar-refractivity contribution in [3.05, 3.63) is 11.8 Å². The van der Waals surface area contributed by atoms with E-state index >= 15 is 0 Å². The number of hydrogen-bond donors (Lipinski definition) is 1. The Kier molecular flexibility index (Phi) is 3.26. The summed E-state index contributed by atoms with van der Waals surface area (Å²) in [6.45, 7) is 3.97. The molecule has 0 spiro atoms. The zero-order valence-corrected chi connectivity index (χ0v) is 8.72. The Balaban J connectivity index is 2.73. The van der Waals surface area contributed by atoms with Crippen molar-refractivity contribution < 1.29 is 9.18 Å². The molecule has 0 aliphatic carbocycles. The summed E-state index contributed by atoms with van der Waals surface area (Å²) in [6, 6.07) is 0. The Morgan fingerprint density at radius 2 is 2.29 bits per heavy atom. The van der Waals surface area contributed by atoms with Gasteiger partial charge >= 0.3 is 0 Å². The quantitative estimate of drug-likeness (QED) is 0.744. The van der Waals surface area contributed by atoms with Crippen LogP contribution in [-0.4, -0.2) is 29.6 Å². The predicted molar refractivity (Wildman–Crippen MR) is 53.3 cm³/mol. The van der Waals surface area contributed by atoms with Gasteiger partial charge in [-0.15, -0.1) is 0 Å². The molecule has 14 heavy (non-hydrogen) atoms. The summed E-state index contributed by atoms with van der Waals surface area (Å²) in [5.74, 6) is 0.0421. The van der Waals surface area contributed by atoms with Gasteiger partial charge in [-0.2, -0.15) is 0 Å². The molecule has 0 amide bonds. The first kappa shape index (κ1) is 11.2. The number of carbonyl (C=O) groups excluding carboxylic acids is 1. The van der Waals surface area contributed by atoms with Gasteiger partial charge in [0.15, 0.2) is 5.78 Å². The third-order valence-corrected chi connectivity index (χ3v) is 2.17. The van der Waals surface area contributed by atoms with Crippen LogP contribution in [0.2, 0.25) is 0 Å². The van der Waals surface area contributed by atoms with Crippen LogP contribution in [0.1, 0.15) is 26.7 Å². The molecule has 80 valence electrons. The lowest BCUT2D eigenvalue weighted by molar-refractivity contribution is -0.116. The largest absolute Gasteiger partial charge is 0.364 e. The smallest absolute Gasteiger partial charge is 0.162 e. The van der Waals surface area contributed by atoms with E-state index in [-0.39, 0.29) is 12.2 Å². The number of nitrogens with zero attached hydrogens (tertiary/aromatic N) is 1. The normalized spacial score (nSPS) is 18.4. The third-order valence-electron chi connectivity index (χ3n) is 2.17. The summed E-state index contributed by atoms with van der Waals surface area (Å²) in [6.07, 6.45) is 2.30. The molecule has 1 heterocycles. The molecule has 0 saturated carbocycles. The fourth-order valence-corrected chi connectivity index (χ4v) is 1.50. The SMILES string of the molecule is CC(C)(F)CC1=CN(CN)CCC1=O. The first-order valence-corrected chi connectivity index (χ1v) is 4.79. The maximum Gasteiger partial charge on any atom is 0.162 e. The van der Waals surface area contributed by atoms with Gasteiger partial charge in [-0.25, -0.2) is 4.39 Å². The van der Waals surface area contributed by atoms with Crippen molar-refractivity contribution in [2.75, 3.05) is 13.2 Å². The van der Waals surface area contributed by atoms with Crippen molar-refractivity contribution in [3.63, 3.8) is 0 Å². The van der Waals surface area contributed by atoms with Crippen LogP contribution in [0.25, 0.3) is 0 Å². The minimum Gasteiger partial charge on any atom is -0.364 e.